The van der Waals surface area contributed by atoms with E-state index in [1.807, 2.05) is 0 Å². The van der Waals surface area contributed by atoms with Crippen molar-refractivity contribution in [3.05, 3.63) is 0 Å². The van der Waals surface area contributed by atoms with Gasteiger partial charge in [0.25, 0.3) is 0 Å². The second-order valence-corrected chi connectivity index (χ2v) is 4.57. The molecule has 1 unspecified atom stereocenters. The molecule has 7 heteroatoms. The Morgan fingerprint density at radius 3 is 2.74 bits per heavy atom. The van der Waals surface area contributed by atoms with Gasteiger partial charge in [0.2, 0.25) is 5.91 Å². The number of rotatable bonds is 7. The second-order valence-electron chi connectivity index (χ2n) is 4.57. The average molecular weight is 272 g/mol. The van der Waals surface area contributed by atoms with Crippen LogP contribution in [-0.2, 0) is 19.1 Å². The van der Waals surface area contributed by atoms with Crippen LogP contribution in [0.1, 0.15) is 32.1 Å². The molecule has 3 N–H and O–H groups in total. The molecule has 0 spiro atoms. The number of hydrogen-bond acceptors (Lipinski definition) is 5. The summed E-state index contributed by atoms with van der Waals surface area (Å²) >= 11 is 0. The SMILES string of the molecule is COC(=O)CC[C@@H](NC(=O)CC1CCCN1)C(=O)O. The van der Waals surface area contributed by atoms with Crippen molar-refractivity contribution < 1.29 is 24.2 Å². The van der Waals surface area contributed by atoms with Gasteiger partial charge in [-0.15, -0.1) is 0 Å². The molecule has 0 saturated carbocycles. The number of carbonyl (C=O) groups excluding carboxylic acids is 2. The zero-order valence-corrected chi connectivity index (χ0v) is 11.0. The molecule has 108 valence electrons. The van der Waals surface area contributed by atoms with Crippen LogP contribution < -0.4 is 10.6 Å². The van der Waals surface area contributed by atoms with Crippen LogP contribution in [0.5, 0.6) is 0 Å². The van der Waals surface area contributed by atoms with Crippen LogP contribution in [0, 0.1) is 0 Å². The lowest BCUT2D eigenvalue weighted by molar-refractivity contribution is -0.144. The first-order chi connectivity index (χ1) is 9.02. The zero-order chi connectivity index (χ0) is 14.3. The quantitative estimate of drug-likeness (QED) is 0.547. The third-order valence-corrected chi connectivity index (χ3v) is 3.09. The van der Waals surface area contributed by atoms with Crippen LogP contribution in [0.25, 0.3) is 0 Å². The molecule has 19 heavy (non-hydrogen) atoms. The Kier molecular flexibility index (Phi) is 6.27. The van der Waals surface area contributed by atoms with Gasteiger partial charge in [0.15, 0.2) is 0 Å². The Morgan fingerprint density at radius 2 is 2.21 bits per heavy atom. The summed E-state index contributed by atoms with van der Waals surface area (Å²) < 4.78 is 4.44. The maximum absolute atomic E-state index is 11.7. The van der Waals surface area contributed by atoms with Gasteiger partial charge in [-0.05, 0) is 25.8 Å². The highest BCUT2D eigenvalue weighted by Gasteiger charge is 2.23. The molecule has 1 amide bonds. The lowest BCUT2D eigenvalue weighted by Gasteiger charge is -2.16. The van der Waals surface area contributed by atoms with Crippen molar-refractivity contribution in [3.8, 4) is 0 Å². The molecule has 1 aliphatic rings. The Balaban J connectivity index is 2.36. The van der Waals surface area contributed by atoms with Crippen molar-refractivity contribution in [2.45, 2.75) is 44.2 Å². The van der Waals surface area contributed by atoms with Crippen LogP contribution in [0.15, 0.2) is 0 Å². The van der Waals surface area contributed by atoms with Crippen molar-refractivity contribution >= 4 is 17.8 Å². The van der Waals surface area contributed by atoms with Gasteiger partial charge < -0.3 is 20.5 Å². The van der Waals surface area contributed by atoms with Gasteiger partial charge in [0.05, 0.1) is 7.11 Å². The van der Waals surface area contributed by atoms with E-state index in [2.05, 4.69) is 15.4 Å². The Hall–Kier alpha value is -1.63. The standard InChI is InChI=1S/C12H20N2O5/c1-19-11(16)5-4-9(12(17)18)14-10(15)7-8-3-2-6-13-8/h8-9,13H,2-7H2,1H3,(H,14,15)(H,17,18)/t8?,9-/m1/s1. The number of aliphatic carboxylic acids is 1. The molecular formula is C12H20N2O5. The summed E-state index contributed by atoms with van der Waals surface area (Å²) in [5.41, 5.74) is 0. The number of carboxylic acid groups (broad SMARTS) is 1. The summed E-state index contributed by atoms with van der Waals surface area (Å²) in [6.45, 7) is 0.892. The monoisotopic (exact) mass is 272 g/mol. The van der Waals surface area contributed by atoms with Gasteiger partial charge in [0, 0.05) is 18.9 Å². The summed E-state index contributed by atoms with van der Waals surface area (Å²) in [4.78, 5) is 33.7. The molecule has 0 aromatic carbocycles. The lowest BCUT2D eigenvalue weighted by atomic mass is 10.1. The first kappa shape index (κ1) is 15.4. The van der Waals surface area contributed by atoms with Gasteiger partial charge >= 0.3 is 11.9 Å². The first-order valence-electron chi connectivity index (χ1n) is 6.35. The van der Waals surface area contributed by atoms with Gasteiger partial charge in [-0.1, -0.05) is 0 Å². The van der Waals surface area contributed by atoms with E-state index in [-0.39, 0.29) is 31.2 Å². The second kappa shape index (κ2) is 7.73. The Morgan fingerprint density at radius 1 is 1.47 bits per heavy atom. The summed E-state index contributed by atoms with van der Waals surface area (Å²) in [7, 11) is 1.24. The minimum atomic E-state index is -1.14. The van der Waals surface area contributed by atoms with Crippen molar-refractivity contribution in [2.24, 2.45) is 0 Å². The summed E-state index contributed by atoms with van der Waals surface area (Å²) in [6, 6.07) is -0.928. The number of carboxylic acids is 1. The smallest absolute Gasteiger partial charge is 0.326 e. The molecule has 1 rings (SSSR count). The summed E-state index contributed by atoms with van der Waals surface area (Å²) in [6.07, 6.45) is 2.22. The number of carbonyl (C=O) groups is 3. The molecule has 0 aromatic heterocycles. The highest BCUT2D eigenvalue weighted by Crippen LogP contribution is 2.09. The van der Waals surface area contributed by atoms with Gasteiger partial charge in [-0.25, -0.2) is 4.79 Å². The van der Waals surface area contributed by atoms with E-state index in [0.29, 0.717) is 0 Å². The maximum atomic E-state index is 11.7. The van der Waals surface area contributed by atoms with E-state index in [9.17, 15) is 14.4 Å². The number of esters is 1. The van der Waals surface area contributed by atoms with E-state index in [4.69, 9.17) is 5.11 Å². The zero-order valence-electron chi connectivity index (χ0n) is 11.0. The molecule has 0 aliphatic carbocycles. The van der Waals surface area contributed by atoms with Crippen LogP contribution in [0.2, 0.25) is 0 Å². The normalized spacial score (nSPS) is 19.7. The molecule has 0 aromatic rings. The average Bonchev–Trinajstić information content (AvgIpc) is 2.86. The largest absolute Gasteiger partial charge is 0.480 e. The highest BCUT2D eigenvalue weighted by molar-refractivity contribution is 5.84. The van der Waals surface area contributed by atoms with Gasteiger partial charge in [-0.2, -0.15) is 0 Å². The van der Waals surface area contributed by atoms with Crippen molar-refractivity contribution in [1.82, 2.24) is 10.6 Å². The molecule has 0 bridgehead atoms. The van der Waals surface area contributed by atoms with Crippen LogP contribution in [0.4, 0.5) is 0 Å². The van der Waals surface area contributed by atoms with E-state index in [0.717, 1.165) is 19.4 Å². The fourth-order valence-corrected chi connectivity index (χ4v) is 2.03. The molecule has 1 fully saturated rings. The van der Waals surface area contributed by atoms with Crippen molar-refractivity contribution in [3.63, 3.8) is 0 Å². The van der Waals surface area contributed by atoms with E-state index >= 15 is 0 Å². The molecule has 1 aliphatic heterocycles. The van der Waals surface area contributed by atoms with Crippen LogP contribution >= 0.6 is 0 Å². The number of amides is 1. The Labute approximate surface area is 111 Å². The number of nitrogens with one attached hydrogen (secondary N) is 2. The lowest BCUT2D eigenvalue weighted by Crippen LogP contribution is -2.43. The summed E-state index contributed by atoms with van der Waals surface area (Å²) in [5.74, 6) is -1.94. The van der Waals surface area contributed by atoms with Gasteiger partial charge in [-0.3, -0.25) is 9.59 Å². The topological polar surface area (TPSA) is 105 Å². The third kappa shape index (κ3) is 5.69. The predicted octanol–water partition coefficient (Wildman–Crippen LogP) is -0.349. The maximum Gasteiger partial charge on any atom is 0.326 e. The number of hydrogen-bond donors (Lipinski definition) is 3. The molecule has 1 heterocycles. The van der Waals surface area contributed by atoms with Crippen molar-refractivity contribution in [2.75, 3.05) is 13.7 Å². The molecule has 1 saturated heterocycles. The minimum Gasteiger partial charge on any atom is -0.480 e. The fraction of sp³-hybridized carbons (Fsp3) is 0.750. The molecule has 0 radical (unpaired) electrons. The summed E-state index contributed by atoms with van der Waals surface area (Å²) in [5, 5.41) is 14.6. The van der Waals surface area contributed by atoms with Crippen LogP contribution in [0.3, 0.4) is 0 Å². The van der Waals surface area contributed by atoms with Gasteiger partial charge in [0.1, 0.15) is 6.04 Å². The third-order valence-electron chi connectivity index (χ3n) is 3.09. The minimum absolute atomic E-state index is 0.0323. The number of ether oxygens (including phenoxy) is 1. The van der Waals surface area contributed by atoms with Crippen LogP contribution in [-0.4, -0.2) is 48.7 Å². The molecular weight excluding hydrogens is 252 g/mol. The van der Waals surface area contributed by atoms with E-state index in [1.165, 1.54) is 7.11 Å². The first-order valence-corrected chi connectivity index (χ1v) is 6.35. The van der Waals surface area contributed by atoms with E-state index in [1.54, 1.807) is 0 Å². The highest BCUT2D eigenvalue weighted by atomic mass is 16.5. The predicted molar refractivity (Wildman–Crippen MR) is 66.5 cm³/mol. The molecule has 7 nitrogen and oxygen atoms in total. The van der Waals surface area contributed by atoms with Crippen molar-refractivity contribution in [1.29, 1.82) is 0 Å². The molecule has 2 atom stereocenters. The fourth-order valence-electron chi connectivity index (χ4n) is 2.03. The Bertz CT molecular complexity index is 339. The number of methoxy groups -OCH3 is 1. The van der Waals surface area contributed by atoms with E-state index < -0.39 is 18.0 Å².